The quantitative estimate of drug-likeness (QED) is 0.678. The third kappa shape index (κ3) is 2.21. The number of aryl methyl sites for hydroxylation is 1. The standard InChI is InChI=1S/C8H14ClN3/c1-3-4-5-6-12-7(2)10-11-8(12)9/h3-6H2,1-2H3. The summed E-state index contributed by atoms with van der Waals surface area (Å²) in [6.07, 6.45) is 3.60. The second-order valence-electron chi connectivity index (χ2n) is 2.87. The fourth-order valence-corrected chi connectivity index (χ4v) is 1.37. The number of hydrogen-bond acceptors (Lipinski definition) is 2. The summed E-state index contributed by atoms with van der Waals surface area (Å²) < 4.78 is 1.94. The van der Waals surface area contributed by atoms with Crippen LogP contribution in [0.4, 0.5) is 0 Å². The van der Waals surface area contributed by atoms with E-state index in [1.54, 1.807) is 0 Å². The smallest absolute Gasteiger partial charge is 0.225 e. The van der Waals surface area contributed by atoms with Gasteiger partial charge in [0.1, 0.15) is 5.82 Å². The van der Waals surface area contributed by atoms with Crippen LogP contribution in [0.2, 0.25) is 5.28 Å². The van der Waals surface area contributed by atoms with Crippen molar-refractivity contribution in [1.29, 1.82) is 0 Å². The maximum absolute atomic E-state index is 5.81. The topological polar surface area (TPSA) is 30.7 Å². The van der Waals surface area contributed by atoms with Gasteiger partial charge in [0.15, 0.2) is 0 Å². The number of nitrogens with zero attached hydrogens (tertiary/aromatic N) is 3. The summed E-state index contributed by atoms with van der Waals surface area (Å²) in [5.41, 5.74) is 0. The van der Waals surface area contributed by atoms with Crippen molar-refractivity contribution in [2.75, 3.05) is 0 Å². The molecule has 0 aliphatic carbocycles. The first-order chi connectivity index (χ1) is 5.75. The van der Waals surface area contributed by atoms with Crippen molar-refractivity contribution in [1.82, 2.24) is 14.8 Å². The lowest BCUT2D eigenvalue weighted by atomic mass is 10.2. The van der Waals surface area contributed by atoms with E-state index in [0.717, 1.165) is 18.8 Å². The molecule has 0 atom stereocenters. The molecule has 0 unspecified atom stereocenters. The van der Waals surface area contributed by atoms with Gasteiger partial charge in [0.2, 0.25) is 5.28 Å². The number of aromatic nitrogens is 3. The Kier molecular flexibility index (Phi) is 3.53. The summed E-state index contributed by atoms with van der Waals surface area (Å²) in [5, 5.41) is 8.15. The molecule has 0 fully saturated rings. The predicted molar refractivity (Wildman–Crippen MR) is 49.3 cm³/mol. The van der Waals surface area contributed by atoms with Crippen LogP contribution in [0.15, 0.2) is 0 Å². The van der Waals surface area contributed by atoms with E-state index in [0.29, 0.717) is 5.28 Å². The molecule has 0 saturated heterocycles. The number of hydrogen-bond donors (Lipinski definition) is 0. The van der Waals surface area contributed by atoms with Crippen LogP contribution in [0, 0.1) is 6.92 Å². The van der Waals surface area contributed by atoms with Crippen LogP contribution in [0.25, 0.3) is 0 Å². The van der Waals surface area contributed by atoms with Gasteiger partial charge in [-0.3, -0.25) is 0 Å². The molecule has 0 saturated carbocycles. The maximum atomic E-state index is 5.81. The van der Waals surface area contributed by atoms with Crippen molar-refractivity contribution in [3.63, 3.8) is 0 Å². The summed E-state index contributed by atoms with van der Waals surface area (Å²) in [7, 11) is 0. The molecule has 0 N–H and O–H groups in total. The van der Waals surface area contributed by atoms with Crippen LogP contribution < -0.4 is 0 Å². The van der Waals surface area contributed by atoms with Gasteiger partial charge in [0.05, 0.1) is 0 Å². The fraction of sp³-hybridized carbons (Fsp3) is 0.750. The molecule has 12 heavy (non-hydrogen) atoms. The lowest BCUT2D eigenvalue weighted by Gasteiger charge is -2.03. The Balaban J connectivity index is 2.50. The van der Waals surface area contributed by atoms with E-state index < -0.39 is 0 Å². The predicted octanol–water partition coefficient (Wildman–Crippen LogP) is 2.43. The van der Waals surface area contributed by atoms with E-state index in [4.69, 9.17) is 11.6 Å². The van der Waals surface area contributed by atoms with E-state index in [2.05, 4.69) is 17.1 Å². The van der Waals surface area contributed by atoms with Crippen LogP contribution in [-0.2, 0) is 6.54 Å². The highest BCUT2D eigenvalue weighted by atomic mass is 35.5. The normalized spacial score (nSPS) is 10.6. The highest BCUT2D eigenvalue weighted by Gasteiger charge is 2.03. The van der Waals surface area contributed by atoms with Crippen molar-refractivity contribution in [3.05, 3.63) is 11.1 Å². The Morgan fingerprint density at radius 3 is 2.58 bits per heavy atom. The molecule has 4 heteroatoms. The molecule has 1 aromatic heterocycles. The van der Waals surface area contributed by atoms with E-state index >= 15 is 0 Å². The van der Waals surface area contributed by atoms with Gasteiger partial charge in [0.25, 0.3) is 0 Å². The molecule has 0 amide bonds. The molecule has 0 aliphatic rings. The van der Waals surface area contributed by atoms with Crippen molar-refractivity contribution < 1.29 is 0 Å². The molecule has 0 radical (unpaired) electrons. The Morgan fingerprint density at radius 1 is 1.33 bits per heavy atom. The highest BCUT2D eigenvalue weighted by Crippen LogP contribution is 2.09. The van der Waals surface area contributed by atoms with Crippen LogP contribution in [0.3, 0.4) is 0 Å². The number of rotatable bonds is 4. The maximum Gasteiger partial charge on any atom is 0.225 e. The SMILES string of the molecule is CCCCCn1c(C)nnc1Cl. The lowest BCUT2D eigenvalue weighted by Crippen LogP contribution is -2.00. The summed E-state index contributed by atoms with van der Waals surface area (Å²) in [6.45, 7) is 5.04. The zero-order valence-electron chi connectivity index (χ0n) is 7.55. The Labute approximate surface area is 77.8 Å². The monoisotopic (exact) mass is 187 g/mol. The summed E-state index contributed by atoms with van der Waals surface area (Å²) >= 11 is 5.81. The van der Waals surface area contributed by atoms with Crippen molar-refractivity contribution >= 4 is 11.6 Å². The first-order valence-electron chi connectivity index (χ1n) is 4.31. The molecule has 1 aromatic rings. The highest BCUT2D eigenvalue weighted by molar-refractivity contribution is 6.28. The van der Waals surface area contributed by atoms with E-state index in [9.17, 15) is 0 Å². The van der Waals surface area contributed by atoms with Gasteiger partial charge in [-0.05, 0) is 24.9 Å². The number of halogens is 1. The molecule has 1 heterocycles. The van der Waals surface area contributed by atoms with Gasteiger partial charge in [0, 0.05) is 6.54 Å². The molecule has 68 valence electrons. The third-order valence-corrected chi connectivity index (χ3v) is 2.16. The molecule has 0 aliphatic heterocycles. The first-order valence-corrected chi connectivity index (χ1v) is 4.68. The second kappa shape index (κ2) is 4.45. The summed E-state index contributed by atoms with van der Waals surface area (Å²) in [4.78, 5) is 0. The molecular formula is C8H14ClN3. The average Bonchev–Trinajstić information content (AvgIpc) is 2.35. The Hall–Kier alpha value is -0.570. The van der Waals surface area contributed by atoms with Crippen molar-refractivity contribution in [3.8, 4) is 0 Å². The first kappa shape index (κ1) is 9.52. The zero-order chi connectivity index (χ0) is 8.97. The van der Waals surface area contributed by atoms with Gasteiger partial charge < -0.3 is 4.57 Å². The molecule has 0 bridgehead atoms. The van der Waals surface area contributed by atoms with Crippen LogP contribution >= 0.6 is 11.6 Å². The number of unbranched alkanes of at least 4 members (excludes halogenated alkanes) is 2. The molecule has 0 spiro atoms. The molecular weight excluding hydrogens is 174 g/mol. The van der Waals surface area contributed by atoms with E-state index in [1.807, 2.05) is 11.5 Å². The van der Waals surface area contributed by atoms with E-state index in [1.165, 1.54) is 12.8 Å². The minimum atomic E-state index is 0.503. The van der Waals surface area contributed by atoms with Crippen molar-refractivity contribution in [2.24, 2.45) is 0 Å². The van der Waals surface area contributed by atoms with Crippen LogP contribution in [0.1, 0.15) is 32.0 Å². The molecule has 1 rings (SSSR count). The van der Waals surface area contributed by atoms with Gasteiger partial charge in [-0.15, -0.1) is 10.2 Å². The minimum Gasteiger partial charge on any atom is -0.302 e. The largest absolute Gasteiger partial charge is 0.302 e. The third-order valence-electron chi connectivity index (χ3n) is 1.88. The summed E-state index contributed by atoms with van der Waals surface area (Å²) in [6, 6.07) is 0. The van der Waals surface area contributed by atoms with Gasteiger partial charge in [-0.25, -0.2) is 0 Å². The van der Waals surface area contributed by atoms with Crippen LogP contribution in [0.5, 0.6) is 0 Å². The van der Waals surface area contributed by atoms with Crippen LogP contribution in [-0.4, -0.2) is 14.8 Å². The minimum absolute atomic E-state index is 0.503. The van der Waals surface area contributed by atoms with Crippen molar-refractivity contribution in [2.45, 2.75) is 39.7 Å². The Morgan fingerprint density at radius 2 is 2.08 bits per heavy atom. The molecule has 3 nitrogen and oxygen atoms in total. The zero-order valence-corrected chi connectivity index (χ0v) is 8.30. The van der Waals surface area contributed by atoms with Gasteiger partial charge >= 0.3 is 0 Å². The fourth-order valence-electron chi connectivity index (χ4n) is 1.13. The second-order valence-corrected chi connectivity index (χ2v) is 3.21. The van der Waals surface area contributed by atoms with Gasteiger partial charge in [-0.1, -0.05) is 19.8 Å². The lowest BCUT2D eigenvalue weighted by molar-refractivity contribution is 0.590. The van der Waals surface area contributed by atoms with E-state index in [-0.39, 0.29) is 0 Å². The van der Waals surface area contributed by atoms with Gasteiger partial charge in [-0.2, -0.15) is 0 Å². The average molecular weight is 188 g/mol. The summed E-state index contributed by atoms with van der Waals surface area (Å²) in [5.74, 6) is 0.899. The molecule has 0 aromatic carbocycles. The Bertz CT molecular complexity index is 225.